The molecule has 0 aliphatic rings. The number of likely N-dealkylation sites (N-methyl/N-ethyl adjacent to an activating group) is 1. The topological polar surface area (TPSA) is 99.2 Å². The lowest BCUT2D eigenvalue weighted by Gasteiger charge is -2.18. The van der Waals surface area contributed by atoms with Crippen molar-refractivity contribution in [3.63, 3.8) is 0 Å². The van der Waals surface area contributed by atoms with Gasteiger partial charge in [0.1, 0.15) is 18.0 Å². The SMILES string of the molecule is CN[C@H](CCCN(C)C)C(=O)Nc1ccc2ncnc(Nc3ccc(F)c(Cl)c3)c2c1.O=CC(F)Cl. The number of hydrogen-bond acceptors (Lipinski definition) is 7. The fourth-order valence-electron chi connectivity index (χ4n) is 3.19. The summed E-state index contributed by atoms with van der Waals surface area (Å²) in [7, 11) is 5.80. The Bertz CT molecular complexity index is 1170. The van der Waals surface area contributed by atoms with Gasteiger partial charge in [-0.1, -0.05) is 23.2 Å². The summed E-state index contributed by atoms with van der Waals surface area (Å²) in [4.78, 5) is 32.4. The molecule has 0 bridgehead atoms. The number of carbonyl (C=O) groups is 2. The summed E-state index contributed by atoms with van der Waals surface area (Å²) in [6.45, 7) is 0.918. The molecule has 3 rings (SSSR count). The normalized spacial score (nSPS) is 12.4. The Morgan fingerprint density at radius 2 is 1.86 bits per heavy atom. The molecule has 1 amide bonds. The summed E-state index contributed by atoms with van der Waals surface area (Å²) in [5.74, 6) is -0.0633. The van der Waals surface area contributed by atoms with Gasteiger partial charge >= 0.3 is 0 Å². The van der Waals surface area contributed by atoms with Gasteiger partial charge in [0.2, 0.25) is 11.5 Å². The van der Waals surface area contributed by atoms with Gasteiger partial charge < -0.3 is 20.9 Å². The van der Waals surface area contributed by atoms with Gasteiger partial charge in [-0.3, -0.25) is 9.59 Å². The molecule has 3 N–H and O–H groups in total. The minimum absolute atomic E-state index is 0.0154. The number of amides is 1. The van der Waals surface area contributed by atoms with Crippen molar-refractivity contribution >= 4 is 63.5 Å². The van der Waals surface area contributed by atoms with Crippen molar-refractivity contribution in [2.24, 2.45) is 0 Å². The molecule has 0 saturated heterocycles. The van der Waals surface area contributed by atoms with E-state index in [-0.39, 0.29) is 23.3 Å². The van der Waals surface area contributed by atoms with E-state index in [9.17, 15) is 13.6 Å². The zero-order chi connectivity index (χ0) is 26.7. The lowest BCUT2D eigenvalue weighted by molar-refractivity contribution is -0.118. The number of nitrogens with zero attached hydrogens (tertiary/aromatic N) is 3. The molecule has 0 spiro atoms. The third-order valence-electron chi connectivity index (χ3n) is 4.95. The molecule has 2 aromatic carbocycles. The van der Waals surface area contributed by atoms with E-state index in [2.05, 4.69) is 42.4 Å². The third-order valence-corrected chi connectivity index (χ3v) is 5.34. The van der Waals surface area contributed by atoms with Crippen molar-refractivity contribution in [1.29, 1.82) is 0 Å². The number of nitrogens with one attached hydrogen (secondary N) is 3. The Labute approximate surface area is 218 Å². The fraction of sp³-hybridized carbons (Fsp3) is 0.333. The summed E-state index contributed by atoms with van der Waals surface area (Å²) in [5.41, 5.74) is 0.118. The quantitative estimate of drug-likeness (QED) is 0.252. The van der Waals surface area contributed by atoms with Crippen LogP contribution in [0.3, 0.4) is 0 Å². The number of benzene rings is 2. The Kier molecular flexibility index (Phi) is 11.9. The number of aromatic nitrogens is 2. The van der Waals surface area contributed by atoms with Crippen LogP contribution in [-0.4, -0.2) is 66.4 Å². The third kappa shape index (κ3) is 9.27. The number of aldehydes is 1. The van der Waals surface area contributed by atoms with Gasteiger partial charge in [-0.25, -0.2) is 18.7 Å². The van der Waals surface area contributed by atoms with Crippen LogP contribution < -0.4 is 16.0 Å². The average molecular weight is 541 g/mol. The molecule has 1 heterocycles. The molecule has 0 fully saturated rings. The monoisotopic (exact) mass is 540 g/mol. The Hall–Kier alpha value is -2.92. The van der Waals surface area contributed by atoms with Crippen molar-refractivity contribution in [2.45, 2.75) is 24.5 Å². The standard InChI is InChI=1S/C22H26ClFN6O.C2H2ClFO/c1-25-20(5-4-10-30(2)3)22(31)29-14-7-9-19-16(11-14)21(27-13-26-19)28-15-6-8-18(24)17(23)12-15;3-2(4)1-5/h6-9,11-13,20,25H,4-5,10H2,1-3H3,(H,29,31)(H,26,27,28);1-2H/t20-;/m1./s1. The summed E-state index contributed by atoms with van der Waals surface area (Å²) in [6, 6.07) is 9.49. The Morgan fingerprint density at radius 3 is 2.47 bits per heavy atom. The first-order valence-electron chi connectivity index (χ1n) is 11.0. The highest BCUT2D eigenvalue weighted by Gasteiger charge is 2.17. The van der Waals surface area contributed by atoms with Crippen LogP contribution in [0.5, 0.6) is 0 Å². The fourth-order valence-corrected chi connectivity index (χ4v) is 3.37. The lowest BCUT2D eigenvalue weighted by atomic mass is 10.1. The van der Waals surface area contributed by atoms with Gasteiger partial charge in [0.25, 0.3) is 0 Å². The van der Waals surface area contributed by atoms with Gasteiger partial charge in [-0.15, -0.1) is 0 Å². The number of hydrogen-bond donors (Lipinski definition) is 3. The van der Waals surface area contributed by atoms with E-state index in [0.717, 1.165) is 24.8 Å². The Balaban J connectivity index is 0.000000830. The van der Waals surface area contributed by atoms with Gasteiger partial charge in [-0.05, 0) is 76.9 Å². The maximum Gasteiger partial charge on any atom is 0.241 e. The summed E-state index contributed by atoms with van der Waals surface area (Å²) < 4.78 is 24.3. The molecule has 3 aromatic rings. The highest BCUT2D eigenvalue weighted by atomic mass is 35.5. The molecule has 0 aliphatic carbocycles. The van der Waals surface area contributed by atoms with E-state index in [1.165, 1.54) is 18.5 Å². The average Bonchev–Trinajstić information content (AvgIpc) is 2.84. The van der Waals surface area contributed by atoms with Gasteiger partial charge in [0.15, 0.2) is 6.29 Å². The largest absolute Gasteiger partial charge is 0.340 e. The van der Waals surface area contributed by atoms with Crippen LogP contribution in [0.4, 0.5) is 26.0 Å². The molecule has 1 unspecified atom stereocenters. The number of alkyl halides is 2. The van der Waals surface area contributed by atoms with E-state index < -0.39 is 11.4 Å². The van der Waals surface area contributed by atoms with Gasteiger partial charge in [0, 0.05) is 16.8 Å². The van der Waals surface area contributed by atoms with Gasteiger partial charge in [-0.2, -0.15) is 0 Å². The number of fused-ring (bicyclic) bond motifs is 1. The van der Waals surface area contributed by atoms with Crippen LogP contribution >= 0.6 is 23.2 Å². The highest BCUT2D eigenvalue weighted by molar-refractivity contribution is 6.31. The van der Waals surface area contributed by atoms with Crippen LogP contribution in [0.1, 0.15) is 12.8 Å². The van der Waals surface area contributed by atoms with Crippen molar-refractivity contribution in [3.8, 4) is 0 Å². The zero-order valence-electron chi connectivity index (χ0n) is 20.1. The first-order valence-corrected chi connectivity index (χ1v) is 11.8. The Morgan fingerprint density at radius 1 is 1.17 bits per heavy atom. The minimum Gasteiger partial charge on any atom is -0.340 e. The first-order chi connectivity index (χ1) is 17.1. The molecule has 1 aromatic heterocycles. The smallest absolute Gasteiger partial charge is 0.241 e. The van der Waals surface area contributed by atoms with Crippen molar-refractivity contribution in [3.05, 3.63) is 53.6 Å². The summed E-state index contributed by atoms with van der Waals surface area (Å²) in [6.07, 6.45) is 3.10. The second kappa shape index (κ2) is 14.6. The van der Waals surface area contributed by atoms with E-state index in [0.29, 0.717) is 22.7 Å². The molecule has 2 atom stereocenters. The molecular formula is C24H28Cl2F2N6O2. The van der Waals surface area contributed by atoms with Crippen LogP contribution in [-0.2, 0) is 9.59 Å². The predicted octanol–water partition coefficient (Wildman–Crippen LogP) is 4.75. The molecule has 0 aliphatic heterocycles. The first kappa shape index (κ1) is 29.3. The zero-order valence-corrected chi connectivity index (χ0v) is 21.6. The van der Waals surface area contributed by atoms with Crippen molar-refractivity contribution in [2.75, 3.05) is 38.3 Å². The van der Waals surface area contributed by atoms with Gasteiger partial charge in [0.05, 0.1) is 16.6 Å². The van der Waals surface area contributed by atoms with Crippen LogP contribution in [0.15, 0.2) is 42.7 Å². The molecule has 8 nitrogen and oxygen atoms in total. The van der Waals surface area contributed by atoms with E-state index >= 15 is 0 Å². The summed E-state index contributed by atoms with van der Waals surface area (Å²) in [5, 5.41) is 9.91. The number of anilines is 3. The minimum atomic E-state index is -1.82. The maximum atomic E-state index is 13.4. The van der Waals surface area contributed by atoms with Crippen molar-refractivity contribution in [1.82, 2.24) is 20.2 Å². The molecule has 194 valence electrons. The van der Waals surface area contributed by atoms with Crippen LogP contribution in [0.25, 0.3) is 10.9 Å². The molecule has 0 radical (unpaired) electrons. The van der Waals surface area contributed by atoms with E-state index in [1.807, 2.05) is 26.2 Å². The maximum absolute atomic E-state index is 13.4. The van der Waals surface area contributed by atoms with E-state index in [4.69, 9.17) is 16.4 Å². The number of halogens is 4. The molecule has 0 saturated carbocycles. The molecule has 12 heteroatoms. The second-order valence-electron chi connectivity index (χ2n) is 7.95. The second-order valence-corrected chi connectivity index (χ2v) is 8.78. The number of rotatable bonds is 10. The highest BCUT2D eigenvalue weighted by Crippen LogP contribution is 2.27. The summed E-state index contributed by atoms with van der Waals surface area (Å²) >= 11 is 10.3. The van der Waals surface area contributed by atoms with E-state index in [1.54, 1.807) is 19.2 Å². The predicted molar refractivity (Wildman–Crippen MR) is 140 cm³/mol. The number of carbonyl (C=O) groups excluding carboxylic acids is 2. The molecular weight excluding hydrogens is 513 g/mol. The van der Waals surface area contributed by atoms with Crippen LogP contribution in [0, 0.1) is 5.82 Å². The van der Waals surface area contributed by atoms with Crippen molar-refractivity contribution < 1.29 is 18.4 Å². The lowest BCUT2D eigenvalue weighted by Crippen LogP contribution is -2.38. The van der Waals surface area contributed by atoms with Crippen LogP contribution in [0.2, 0.25) is 5.02 Å². The molecule has 36 heavy (non-hydrogen) atoms.